The van der Waals surface area contributed by atoms with Gasteiger partial charge in [0.1, 0.15) is 23.7 Å². The van der Waals surface area contributed by atoms with Crippen LogP contribution in [0.25, 0.3) is 0 Å². The van der Waals surface area contributed by atoms with Gasteiger partial charge in [-0.05, 0) is 130 Å². The van der Waals surface area contributed by atoms with Gasteiger partial charge in [-0.25, -0.2) is 4.79 Å². The van der Waals surface area contributed by atoms with Crippen molar-refractivity contribution in [1.82, 2.24) is 5.32 Å². The lowest BCUT2D eigenvalue weighted by molar-refractivity contribution is -0.221. The molecule has 4 fully saturated rings. The van der Waals surface area contributed by atoms with Gasteiger partial charge in [0.25, 0.3) is 0 Å². The molecule has 0 aromatic heterocycles. The van der Waals surface area contributed by atoms with Gasteiger partial charge in [0.2, 0.25) is 0 Å². The SMILES string of the molecule is C[C@@H]1CC[C@]2(C)CC[C@]3(C)C(=CC(=O)C4[C@@]5(C)CC[C@@H](OC(=O)CNC(=O)OC(C)(C)C)[C@](C)(C(=O)O)C5CC[C@]43C)C2[C@H]1C. The van der Waals surface area contributed by atoms with Crippen molar-refractivity contribution >= 4 is 23.8 Å². The van der Waals surface area contributed by atoms with Crippen molar-refractivity contribution in [1.29, 1.82) is 0 Å². The number of nitrogens with one attached hydrogen (secondary N) is 1. The minimum Gasteiger partial charge on any atom is -0.481 e. The van der Waals surface area contributed by atoms with Crippen molar-refractivity contribution in [2.75, 3.05) is 6.54 Å². The number of amides is 1. The zero-order valence-electron chi connectivity index (χ0n) is 29.3. The molecule has 0 radical (unpaired) electrons. The highest BCUT2D eigenvalue weighted by molar-refractivity contribution is 5.96. The van der Waals surface area contributed by atoms with Crippen molar-refractivity contribution in [3.8, 4) is 0 Å². The number of hydrogen-bond donors (Lipinski definition) is 2. The Hall–Kier alpha value is -2.38. The molecule has 2 N–H and O–H groups in total. The Kier molecular flexibility index (Phi) is 8.18. The number of carboxylic acid groups (broad SMARTS) is 1. The van der Waals surface area contributed by atoms with Crippen LogP contribution in [0.5, 0.6) is 0 Å². The van der Waals surface area contributed by atoms with Gasteiger partial charge in [-0.15, -0.1) is 0 Å². The van der Waals surface area contributed by atoms with Crippen LogP contribution in [0, 0.1) is 56.7 Å². The lowest BCUT2D eigenvalue weighted by Crippen LogP contribution is -2.68. The van der Waals surface area contributed by atoms with Crippen molar-refractivity contribution < 1.29 is 33.8 Å². The first-order chi connectivity index (χ1) is 20.6. The van der Waals surface area contributed by atoms with E-state index in [1.807, 2.05) is 6.08 Å². The van der Waals surface area contributed by atoms with Gasteiger partial charge in [0.05, 0.1) is 0 Å². The monoisotopic (exact) mass is 627 g/mol. The van der Waals surface area contributed by atoms with Gasteiger partial charge >= 0.3 is 18.0 Å². The highest BCUT2D eigenvalue weighted by atomic mass is 16.6. The van der Waals surface area contributed by atoms with E-state index in [0.29, 0.717) is 37.0 Å². The fourth-order valence-electron chi connectivity index (χ4n) is 11.5. The molecule has 45 heavy (non-hydrogen) atoms. The molecule has 0 aromatic carbocycles. The average Bonchev–Trinajstić information content (AvgIpc) is 2.91. The Bertz CT molecular complexity index is 1300. The summed E-state index contributed by atoms with van der Waals surface area (Å²) in [7, 11) is 0. The Morgan fingerprint density at radius 3 is 2.24 bits per heavy atom. The van der Waals surface area contributed by atoms with Crippen LogP contribution in [0.3, 0.4) is 0 Å². The van der Waals surface area contributed by atoms with E-state index in [0.717, 1.165) is 19.3 Å². The van der Waals surface area contributed by atoms with E-state index in [1.165, 1.54) is 18.4 Å². The van der Waals surface area contributed by atoms with Crippen molar-refractivity contribution in [3.05, 3.63) is 11.6 Å². The van der Waals surface area contributed by atoms with E-state index in [1.54, 1.807) is 27.7 Å². The largest absolute Gasteiger partial charge is 0.481 e. The molecule has 1 amide bonds. The summed E-state index contributed by atoms with van der Waals surface area (Å²) >= 11 is 0. The van der Waals surface area contributed by atoms with Gasteiger partial charge in [-0.1, -0.05) is 47.1 Å². The highest BCUT2D eigenvalue weighted by Crippen LogP contribution is 2.75. The Morgan fingerprint density at radius 2 is 1.62 bits per heavy atom. The summed E-state index contributed by atoms with van der Waals surface area (Å²) in [5.74, 6) is -0.675. The third-order valence-corrected chi connectivity index (χ3v) is 14.2. The minimum absolute atomic E-state index is 0.134. The molecule has 5 aliphatic rings. The second-order valence-electron chi connectivity index (χ2n) is 17.7. The number of carboxylic acids is 1. The zero-order valence-corrected chi connectivity index (χ0v) is 29.3. The van der Waals surface area contributed by atoms with E-state index >= 15 is 0 Å². The molecule has 0 aliphatic heterocycles. The summed E-state index contributed by atoms with van der Waals surface area (Å²) < 4.78 is 11.1. The zero-order chi connectivity index (χ0) is 33.5. The molecule has 5 rings (SSSR count). The number of esters is 1. The normalized spacial score (nSPS) is 45.9. The first-order valence-corrected chi connectivity index (χ1v) is 17.3. The van der Waals surface area contributed by atoms with E-state index in [-0.39, 0.29) is 33.9 Å². The number of fused-ring (bicyclic) bond motifs is 7. The first-order valence-electron chi connectivity index (χ1n) is 17.3. The average molecular weight is 628 g/mol. The van der Waals surface area contributed by atoms with Crippen LogP contribution in [0.4, 0.5) is 4.79 Å². The number of allylic oxidation sites excluding steroid dienone is 2. The first kappa shape index (κ1) is 34.0. The number of alkyl carbamates (subject to hydrolysis) is 1. The molecule has 8 nitrogen and oxygen atoms in total. The van der Waals surface area contributed by atoms with Crippen LogP contribution in [-0.2, 0) is 23.9 Å². The smallest absolute Gasteiger partial charge is 0.408 e. The lowest BCUT2D eigenvalue weighted by atomic mass is 9.33. The van der Waals surface area contributed by atoms with Crippen molar-refractivity contribution in [2.45, 2.75) is 132 Å². The quantitative estimate of drug-likeness (QED) is 0.313. The number of ether oxygens (including phenoxy) is 2. The minimum atomic E-state index is -1.38. The molecule has 252 valence electrons. The van der Waals surface area contributed by atoms with Gasteiger partial charge in [0, 0.05) is 5.92 Å². The summed E-state index contributed by atoms with van der Waals surface area (Å²) in [5, 5.41) is 13.2. The fourth-order valence-corrected chi connectivity index (χ4v) is 11.5. The maximum absolute atomic E-state index is 14.6. The topological polar surface area (TPSA) is 119 Å². The molecular weight excluding hydrogens is 570 g/mol. The highest BCUT2D eigenvalue weighted by Gasteiger charge is 2.72. The molecule has 0 saturated heterocycles. The van der Waals surface area contributed by atoms with Crippen LogP contribution in [0.1, 0.15) is 121 Å². The summed E-state index contributed by atoms with van der Waals surface area (Å²) in [6.07, 6.45) is 7.42. The summed E-state index contributed by atoms with van der Waals surface area (Å²) in [4.78, 5) is 52.8. The summed E-state index contributed by atoms with van der Waals surface area (Å²) in [6.45, 7) is 20.6. The number of ketones is 1. The number of rotatable bonds is 4. The molecule has 4 saturated carbocycles. The number of hydrogen-bond acceptors (Lipinski definition) is 6. The third kappa shape index (κ3) is 5.06. The van der Waals surface area contributed by atoms with E-state index < -0.39 is 47.1 Å². The van der Waals surface area contributed by atoms with Gasteiger partial charge in [0.15, 0.2) is 5.78 Å². The molecule has 0 heterocycles. The number of aliphatic carboxylic acids is 1. The molecule has 5 aliphatic carbocycles. The van der Waals surface area contributed by atoms with Crippen LogP contribution in [0.15, 0.2) is 11.6 Å². The number of carbonyl (C=O) groups is 4. The second-order valence-corrected chi connectivity index (χ2v) is 17.7. The molecule has 0 aromatic rings. The summed E-state index contributed by atoms with van der Waals surface area (Å²) in [6, 6.07) is 0. The van der Waals surface area contributed by atoms with E-state index in [9.17, 15) is 24.3 Å². The Labute approximate surface area is 269 Å². The molecule has 0 bridgehead atoms. The maximum Gasteiger partial charge on any atom is 0.408 e. The second kappa shape index (κ2) is 10.8. The fraction of sp³-hybridized carbons (Fsp3) is 0.838. The van der Waals surface area contributed by atoms with Crippen molar-refractivity contribution in [3.63, 3.8) is 0 Å². The number of carbonyl (C=O) groups excluding carboxylic acids is 3. The van der Waals surface area contributed by atoms with Gasteiger partial charge < -0.3 is 19.9 Å². The van der Waals surface area contributed by atoms with E-state index in [2.05, 4.69) is 46.9 Å². The predicted molar refractivity (Wildman–Crippen MR) is 171 cm³/mol. The van der Waals surface area contributed by atoms with Crippen LogP contribution in [0.2, 0.25) is 0 Å². The summed E-state index contributed by atoms with van der Waals surface area (Å²) in [5.41, 5.74) is -1.50. The molecule has 0 spiro atoms. The standard InChI is InChI=1S/C37H57NO7/c1-21-11-14-33(6)17-18-35(8)23(28(33)22(21)2)19-24(39)29-34(7)15-13-26(44-27(40)20-38-31(43)45-32(3,4)5)37(10,30(41)42)25(34)12-16-36(29,35)9/h19,21-22,25-26,28-29H,11-18,20H2,1-10H3,(H,38,43)(H,41,42)/t21-,22+,25?,26-,28?,29?,33-,34+,35-,36-,37-/m1/s1. The maximum atomic E-state index is 14.6. The third-order valence-electron chi connectivity index (χ3n) is 14.2. The lowest BCUT2D eigenvalue weighted by Gasteiger charge is -2.70. The molecule has 8 heteroatoms. The molecule has 11 atom stereocenters. The van der Waals surface area contributed by atoms with Gasteiger partial charge in [-0.3, -0.25) is 14.4 Å². The molecule has 3 unspecified atom stereocenters. The molecular formula is C37H57NO7. The van der Waals surface area contributed by atoms with Crippen molar-refractivity contribution in [2.24, 2.45) is 56.7 Å². The van der Waals surface area contributed by atoms with Crippen LogP contribution >= 0.6 is 0 Å². The Balaban J connectivity index is 1.45. The van der Waals surface area contributed by atoms with Gasteiger partial charge in [-0.2, -0.15) is 0 Å². The van der Waals surface area contributed by atoms with Crippen LogP contribution in [-0.4, -0.2) is 47.2 Å². The van der Waals surface area contributed by atoms with Crippen LogP contribution < -0.4 is 5.32 Å². The van der Waals surface area contributed by atoms with E-state index in [4.69, 9.17) is 9.47 Å². The Morgan fingerprint density at radius 1 is 0.956 bits per heavy atom. The predicted octanol–water partition coefficient (Wildman–Crippen LogP) is 7.34.